The predicted molar refractivity (Wildman–Crippen MR) is 79.3 cm³/mol. The summed E-state index contributed by atoms with van der Waals surface area (Å²) in [6.07, 6.45) is 5.04. The Morgan fingerprint density at radius 2 is 2.41 bits per heavy atom. The molecule has 2 aromatic heterocycles. The fourth-order valence-electron chi connectivity index (χ4n) is 2.93. The van der Waals surface area contributed by atoms with Crippen molar-refractivity contribution in [3.8, 4) is 0 Å². The number of carbonyl (C=O) groups is 1. The molecule has 3 heterocycles. The quantitative estimate of drug-likeness (QED) is 0.936. The molecule has 0 spiro atoms. The van der Waals surface area contributed by atoms with Crippen LogP contribution in [0, 0.1) is 6.92 Å². The molecule has 3 rings (SSSR count). The van der Waals surface area contributed by atoms with Crippen molar-refractivity contribution in [3.63, 3.8) is 0 Å². The van der Waals surface area contributed by atoms with Gasteiger partial charge in [0.05, 0.1) is 18.6 Å². The van der Waals surface area contributed by atoms with E-state index in [-0.39, 0.29) is 18.4 Å². The number of hydrogen-bond acceptors (Lipinski definition) is 5. The maximum absolute atomic E-state index is 12.4. The van der Waals surface area contributed by atoms with Gasteiger partial charge in [0, 0.05) is 30.8 Å². The van der Waals surface area contributed by atoms with Gasteiger partial charge in [0.15, 0.2) is 5.76 Å². The van der Waals surface area contributed by atoms with E-state index >= 15 is 0 Å². The molecule has 1 atom stereocenters. The lowest BCUT2D eigenvalue weighted by atomic mass is 9.92. The molecule has 1 unspecified atom stereocenters. The van der Waals surface area contributed by atoms with Crippen LogP contribution in [0.15, 0.2) is 29.0 Å². The number of aliphatic hydroxyl groups is 1. The Bertz CT molecular complexity index is 655. The van der Waals surface area contributed by atoms with E-state index in [2.05, 4.69) is 9.97 Å². The topological polar surface area (TPSA) is 79.5 Å². The number of furan rings is 1. The molecule has 1 fully saturated rings. The van der Waals surface area contributed by atoms with Crippen LogP contribution >= 0.6 is 0 Å². The molecule has 0 radical (unpaired) electrons. The fraction of sp³-hybridized carbons (Fsp3) is 0.438. The average Bonchev–Trinajstić information content (AvgIpc) is 3.08. The summed E-state index contributed by atoms with van der Waals surface area (Å²) in [5.74, 6) is 1.08. The van der Waals surface area contributed by atoms with Crippen molar-refractivity contribution < 1.29 is 14.3 Å². The summed E-state index contributed by atoms with van der Waals surface area (Å²) in [4.78, 5) is 22.8. The lowest BCUT2D eigenvalue weighted by Gasteiger charge is -2.32. The van der Waals surface area contributed by atoms with Gasteiger partial charge in [0.25, 0.3) is 5.91 Å². The second-order valence-electron chi connectivity index (χ2n) is 5.55. The van der Waals surface area contributed by atoms with Gasteiger partial charge < -0.3 is 14.4 Å². The number of aryl methyl sites for hydroxylation is 1. The van der Waals surface area contributed by atoms with Gasteiger partial charge in [-0.15, -0.1) is 0 Å². The highest BCUT2D eigenvalue weighted by Crippen LogP contribution is 2.28. The van der Waals surface area contributed by atoms with E-state index in [0.29, 0.717) is 24.7 Å². The van der Waals surface area contributed by atoms with Crippen LogP contribution in [-0.2, 0) is 6.61 Å². The number of amides is 1. The van der Waals surface area contributed by atoms with Gasteiger partial charge in [-0.25, -0.2) is 9.97 Å². The monoisotopic (exact) mass is 301 g/mol. The standard InChI is InChI=1S/C16H19N3O3/c1-11-17-8-13(10-20)15(18-11)12-4-2-6-19(9-12)16(21)14-5-3-7-22-14/h3,5,7-8,12,20H,2,4,6,9-10H2,1H3. The zero-order valence-electron chi connectivity index (χ0n) is 12.5. The van der Waals surface area contributed by atoms with Gasteiger partial charge in [0.1, 0.15) is 5.82 Å². The minimum Gasteiger partial charge on any atom is -0.459 e. The fourth-order valence-corrected chi connectivity index (χ4v) is 2.93. The zero-order chi connectivity index (χ0) is 15.5. The summed E-state index contributed by atoms with van der Waals surface area (Å²) in [5.41, 5.74) is 1.59. The Balaban J connectivity index is 1.81. The van der Waals surface area contributed by atoms with Crippen molar-refractivity contribution in [2.75, 3.05) is 13.1 Å². The van der Waals surface area contributed by atoms with E-state index in [4.69, 9.17) is 4.42 Å². The Kier molecular flexibility index (Phi) is 4.20. The molecule has 0 aliphatic carbocycles. The second-order valence-corrected chi connectivity index (χ2v) is 5.55. The third kappa shape index (κ3) is 2.87. The first-order chi connectivity index (χ1) is 10.7. The molecule has 6 nitrogen and oxygen atoms in total. The third-order valence-corrected chi connectivity index (χ3v) is 4.02. The van der Waals surface area contributed by atoms with Crippen molar-refractivity contribution in [2.45, 2.75) is 32.3 Å². The van der Waals surface area contributed by atoms with Crippen LogP contribution in [0.5, 0.6) is 0 Å². The van der Waals surface area contributed by atoms with Gasteiger partial charge in [-0.1, -0.05) is 0 Å². The first kappa shape index (κ1) is 14.7. The smallest absolute Gasteiger partial charge is 0.289 e. The molecule has 116 valence electrons. The summed E-state index contributed by atoms with van der Waals surface area (Å²) < 4.78 is 5.20. The van der Waals surface area contributed by atoms with Gasteiger partial charge in [-0.3, -0.25) is 4.79 Å². The van der Waals surface area contributed by atoms with Crippen LogP contribution in [0.25, 0.3) is 0 Å². The number of likely N-dealkylation sites (tertiary alicyclic amines) is 1. The highest BCUT2D eigenvalue weighted by molar-refractivity contribution is 5.91. The third-order valence-electron chi connectivity index (χ3n) is 4.02. The van der Waals surface area contributed by atoms with Crippen molar-refractivity contribution in [2.24, 2.45) is 0 Å². The van der Waals surface area contributed by atoms with Gasteiger partial charge in [-0.2, -0.15) is 0 Å². The minimum atomic E-state index is -0.0916. The number of nitrogens with zero attached hydrogens (tertiary/aromatic N) is 3. The van der Waals surface area contributed by atoms with Gasteiger partial charge in [0.2, 0.25) is 0 Å². The lowest BCUT2D eigenvalue weighted by Crippen LogP contribution is -2.39. The number of rotatable bonds is 3. The lowest BCUT2D eigenvalue weighted by molar-refractivity contribution is 0.0673. The van der Waals surface area contributed by atoms with Crippen molar-refractivity contribution in [3.05, 3.63) is 47.4 Å². The predicted octanol–water partition coefficient (Wildman–Crippen LogP) is 1.89. The SMILES string of the molecule is Cc1ncc(CO)c(C2CCCN(C(=O)c3ccco3)C2)n1. The highest BCUT2D eigenvalue weighted by Gasteiger charge is 2.28. The molecule has 0 bridgehead atoms. The van der Waals surface area contributed by atoms with Crippen molar-refractivity contribution >= 4 is 5.91 Å². The minimum absolute atomic E-state index is 0.0851. The van der Waals surface area contributed by atoms with Crippen LogP contribution in [0.1, 0.15) is 46.4 Å². The molecule has 1 saturated heterocycles. The Morgan fingerprint density at radius 3 is 3.14 bits per heavy atom. The van der Waals surface area contributed by atoms with E-state index in [1.807, 2.05) is 6.92 Å². The van der Waals surface area contributed by atoms with Gasteiger partial charge in [-0.05, 0) is 31.9 Å². The molecular weight excluding hydrogens is 282 g/mol. The Hall–Kier alpha value is -2.21. The first-order valence-electron chi connectivity index (χ1n) is 7.45. The van der Waals surface area contributed by atoms with E-state index in [1.54, 1.807) is 23.2 Å². The normalized spacial score (nSPS) is 18.5. The number of carbonyl (C=O) groups excluding carboxylic acids is 1. The second kappa shape index (κ2) is 6.27. The summed E-state index contributed by atoms with van der Waals surface area (Å²) in [6, 6.07) is 3.40. The number of piperidine rings is 1. The van der Waals surface area contributed by atoms with Crippen molar-refractivity contribution in [1.82, 2.24) is 14.9 Å². The summed E-state index contributed by atoms with van der Waals surface area (Å²) in [7, 11) is 0. The van der Waals surface area contributed by atoms with E-state index in [0.717, 1.165) is 24.1 Å². The molecule has 1 amide bonds. The highest BCUT2D eigenvalue weighted by atomic mass is 16.3. The summed E-state index contributed by atoms with van der Waals surface area (Å²) in [5, 5.41) is 9.49. The number of hydrogen-bond donors (Lipinski definition) is 1. The molecular formula is C16H19N3O3. The largest absolute Gasteiger partial charge is 0.459 e. The van der Waals surface area contributed by atoms with Gasteiger partial charge >= 0.3 is 0 Å². The molecule has 0 saturated carbocycles. The van der Waals surface area contributed by atoms with Crippen LogP contribution in [0.2, 0.25) is 0 Å². The zero-order valence-corrected chi connectivity index (χ0v) is 12.5. The molecule has 1 aliphatic heterocycles. The number of aliphatic hydroxyl groups excluding tert-OH is 1. The van der Waals surface area contributed by atoms with Crippen LogP contribution in [-0.4, -0.2) is 39.0 Å². The molecule has 1 aliphatic rings. The summed E-state index contributed by atoms with van der Waals surface area (Å²) >= 11 is 0. The van der Waals surface area contributed by atoms with Crippen LogP contribution < -0.4 is 0 Å². The van der Waals surface area contributed by atoms with E-state index in [1.165, 1.54) is 6.26 Å². The molecule has 22 heavy (non-hydrogen) atoms. The Morgan fingerprint density at radius 1 is 1.55 bits per heavy atom. The average molecular weight is 301 g/mol. The van der Waals surface area contributed by atoms with Crippen LogP contribution in [0.4, 0.5) is 0 Å². The van der Waals surface area contributed by atoms with E-state index in [9.17, 15) is 9.90 Å². The molecule has 2 aromatic rings. The molecule has 6 heteroatoms. The Labute approximate surface area is 128 Å². The first-order valence-corrected chi connectivity index (χ1v) is 7.45. The van der Waals surface area contributed by atoms with Crippen molar-refractivity contribution in [1.29, 1.82) is 0 Å². The maximum Gasteiger partial charge on any atom is 0.289 e. The summed E-state index contributed by atoms with van der Waals surface area (Å²) in [6.45, 7) is 3.05. The maximum atomic E-state index is 12.4. The van der Waals surface area contributed by atoms with E-state index < -0.39 is 0 Å². The number of aromatic nitrogens is 2. The van der Waals surface area contributed by atoms with Crippen LogP contribution in [0.3, 0.4) is 0 Å². The molecule has 0 aromatic carbocycles. The molecule has 1 N–H and O–H groups in total.